The molecule has 0 amide bonds. The molecule has 3 rings (SSSR count). The first-order chi connectivity index (χ1) is 6.86. The van der Waals surface area contributed by atoms with Gasteiger partial charge < -0.3 is 0 Å². The maximum Gasteiger partial charge on any atom is 0.0992 e. The minimum atomic E-state index is -1.10. The van der Waals surface area contributed by atoms with Crippen LogP contribution in [0.5, 0.6) is 0 Å². The molecule has 1 unspecified atom stereocenters. The molecule has 0 bridgehead atoms. The molecule has 0 N–H and O–H groups in total. The number of hydrogen-bond acceptors (Lipinski definition) is 3. The van der Waals surface area contributed by atoms with Gasteiger partial charge in [0.05, 0.1) is 38.6 Å². The maximum atomic E-state index is 11.6. The lowest BCUT2D eigenvalue weighted by Gasteiger charge is -2.00. The first-order valence-electron chi connectivity index (χ1n) is 4.19. The van der Waals surface area contributed by atoms with Crippen LogP contribution in [0.25, 0.3) is 10.9 Å². The molecule has 14 heavy (non-hydrogen) atoms. The zero-order chi connectivity index (χ0) is 9.54. The average Bonchev–Trinajstić information content (AvgIpc) is 2.61. The zero-order valence-electron chi connectivity index (χ0n) is 7.18. The van der Waals surface area contributed by atoms with E-state index in [0.29, 0.717) is 0 Å². The third-order valence-corrected chi connectivity index (χ3v) is 3.32. The third kappa shape index (κ3) is 0.943. The third-order valence-electron chi connectivity index (χ3n) is 2.20. The van der Waals surface area contributed by atoms with Crippen molar-refractivity contribution in [2.75, 3.05) is 0 Å². The van der Waals surface area contributed by atoms with Crippen molar-refractivity contribution < 1.29 is 4.21 Å². The predicted octanol–water partition coefficient (Wildman–Crippen LogP) is 2.02. The largest absolute Gasteiger partial charge is 0.254 e. The second kappa shape index (κ2) is 2.72. The number of aliphatic imine (C=N–C) groups is 1. The highest BCUT2D eigenvalue weighted by molar-refractivity contribution is 7.99. The van der Waals surface area contributed by atoms with Crippen LogP contribution in [0.3, 0.4) is 0 Å². The SMILES string of the molecule is O=S1C=Nc2cnc3ccccc3c21. The molecule has 1 aliphatic rings. The fourth-order valence-corrected chi connectivity index (χ4v) is 2.58. The van der Waals surface area contributed by atoms with Gasteiger partial charge in [-0.15, -0.1) is 0 Å². The van der Waals surface area contributed by atoms with Crippen molar-refractivity contribution in [1.82, 2.24) is 4.98 Å². The summed E-state index contributed by atoms with van der Waals surface area (Å²) in [6.45, 7) is 0. The molecule has 1 aromatic heterocycles. The second-order valence-electron chi connectivity index (χ2n) is 3.02. The van der Waals surface area contributed by atoms with Gasteiger partial charge in [-0.05, 0) is 6.07 Å². The standard InChI is InChI=1S/C10H6N2OS/c13-14-6-12-9-5-11-8-4-2-1-3-7(8)10(9)14/h1-6H. The number of rotatable bonds is 0. The molecule has 2 heterocycles. The number of hydrogen-bond donors (Lipinski definition) is 0. The van der Waals surface area contributed by atoms with E-state index in [-0.39, 0.29) is 0 Å². The van der Waals surface area contributed by atoms with Crippen LogP contribution in [-0.2, 0) is 10.8 Å². The Labute approximate surface area is 83.0 Å². The van der Waals surface area contributed by atoms with Gasteiger partial charge in [-0.1, -0.05) is 18.2 Å². The summed E-state index contributed by atoms with van der Waals surface area (Å²) in [5.41, 5.74) is 3.05. The maximum absolute atomic E-state index is 11.6. The number of nitrogens with zero attached hydrogens (tertiary/aromatic N) is 2. The van der Waals surface area contributed by atoms with E-state index in [2.05, 4.69) is 9.98 Å². The Morgan fingerprint density at radius 3 is 3.00 bits per heavy atom. The van der Waals surface area contributed by atoms with Gasteiger partial charge >= 0.3 is 0 Å². The monoisotopic (exact) mass is 202 g/mol. The normalized spacial score (nSPS) is 18.7. The fraction of sp³-hybridized carbons (Fsp3) is 0. The van der Waals surface area contributed by atoms with E-state index in [0.717, 1.165) is 21.5 Å². The summed E-state index contributed by atoms with van der Waals surface area (Å²) >= 11 is 0. The van der Waals surface area contributed by atoms with Crippen molar-refractivity contribution in [2.24, 2.45) is 4.99 Å². The number of fused-ring (bicyclic) bond motifs is 3. The van der Waals surface area contributed by atoms with Crippen LogP contribution in [0.1, 0.15) is 0 Å². The van der Waals surface area contributed by atoms with Crippen LogP contribution >= 0.6 is 0 Å². The summed E-state index contributed by atoms with van der Waals surface area (Å²) in [4.78, 5) is 9.07. The van der Waals surface area contributed by atoms with Crippen molar-refractivity contribution in [2.45, 2.75) is 4.90 Å². The van der Waals surface area contributed by atoms with Gasteiger partial charge in [0.1, 0.15) is 0 Å². The van der Waals surface area contributed by atoms with Gasteiger partial charge in [-0.2, -0.15) is 0 Å². The summed E-state index contributed by atoms with van der Waals surface area (Å²) in [5, 5.41) is 0.931. The Kier molecular flexibility index (Phi) is 1.52. The number of pyridine rings is 1. The molecule has 4 heteroatoms. The lowest BCUT2D eigenvalue weighted by molar-refractivity contribution is 0.691. The molecule has 2 aromatic rings. The van der Waals surface area contributed by atoms with Crippen LogP contribution in [0.2, 0.25) is 0 Å². The van der Waals surface area contributed by atoms with E-state index in [9.17, 15) is 4.21 Å². The van der Waals surface area contributed by atoms with Crippen molar-refractivity contribution >= 4 is 32.9 Å². The van der Waals surface area contributed by atoms with Gasteiger partial charge in [-0.25, -0.2) is 9.20 Å². The molecule has 1 atom stereocenters. The molecule has 0 saturated carbocycles. The van der Waals surface area contributed by atoms with Gasteiger partial charge in [0.25, 0.3) is 0 Å². The Morgan fingerprint density at radius 2 is 2.07 bits per heavy atom. The number of aromatic nitrogens is 1. The molecule has 1 aliphatic heterocycles. The van der Waals surface area contributed by atoms with Crippen molar-refractivity contribution in [3.05, 3.63) is 30.5 Å². The van der Waals surface area contributed by atoms with Crippen molar-refractivity contribution in [3.8, 4) is 0 Å². The summed E-state index contributed by atoms with van der Waals surface area (Å²) < 4.78 is 11.6. The lowest BCUT2D eigenvalue weighted by atomic mass is 10.2. The van der Waals surface area contributed by atoms with E-state index >= 15 is 0 Å². The Bertz CT molecular complexity index is 577. The van der Waals surface area contributed by atoms with E-state index in [1.807, 2.05) is 24.3 Å². The minimum Gasteiger partial charge on any atom is -0.254 e. The Hall–Kier alpha value is -1.55. The van der Waals surface area contributed by atoms with Crippen LogP contribution < -0.4 is 0 Å². The summed E-state index contributed by atoms with van der Waals surface area (Å²) in [6, 6.07) is 7.67. The number of benzene rings is 1. The Morgan fingerprint density at radius 1 is 1.21 bits per heavy atom. The lowest BCUT2D eigenvalue weighted by Crippen LogP contribution is -1.89. The molecule has 3 nitrogen and oxygen atoms in total. The van der Waals surface area contributed by atoms with Crippen molar-refractivity contribution in [1.29, 1.82) is 0 Å². The highest BCUT2D eigenvalue weighted by atomic mass is 32.2. The number of para-hydroxylation sites is 1. The van der Waals surface area contributed by atoms with Crippen LogP contribution in [0.4, 0.5) is 5.69 Å². The van der Waals surface area contributed by atoms with E-state index in [4.69, 9.17) is 0 Å². The van der Waals surface area contributed by atoms with Gasteiger partial charge in [0.15, 0.2) is 0 Å². The molecule has 1 aromatic carbocycles. The first kappa shape index (κ1) is 7.82. The molecule has 0 radical (unpaired) electrons. The molecule has 0 aliphatic carbocycles. The Balaban J connectivity index is 2.50. The molecule has 0 saturated heterocycles. The summed E-state index contributed by atoms with van der Waals surface area (Å²) in [6.07, 6.45) is 1.67. The van der Waals surface area contributed by atoms with Gasteiger partial charge in [0.2, 0.25) is 0 Å². The first-order valence-corrected chi connectivity index (χ1v) is 5.40. The van der Waals surface area contributed by atoms with Gasteiger partial charge in [0, 0.05) is 5.39 Å². The highest BCUT2D eigenvalue weighted by Crippen LogP contribution is 2.32. The van der Waals surface area contributed by atoms with Crippen LogP contribution in [-0.4, -0.2) is 14.7 Å². The summed E-state index contributed by atoms with van der Waals surface area (Å²) in [7, 11) is -1.10. The molecular formula is C10H6N2OS. The fourth-order valence-electron chi connectivity index (χ4n) is 1.57. The quantitative estimate of drug-likeness (QED) is 0.655. The summed E-state index contributed by atoms with van der Waals surface area (Å²) in [5.74, 6) is 0. The van der Waals surface area contributed by atoms with E-state index in [1.54, 1.807) is 6.20 Å². The molecule has 0 spiro atoms. The molecule has 68 valence electrons. The predicted molar refractivity (Wildman–Crippen MR) is 56.3 cm³/mol. The average molecular weight is 202 g/mol. The van der Waals surface area contributed by atoms with Gasteiger partial charge in [-0.3, -0.25) is 4.98 Å². The molecular weight excluding hydrogens is 196 g/mol. The second-order valence-corrected chi connectivity index (χ2v) is 4.24. The molecule has 0 fully saturated rings. The topological polar surface area (TPSA) is 42.3 Å². The van der Waals surface area contributed by atoms with Crippen molar-refractivity contribution in [3.63, 3.8) is 0 Å². The van der Waals surface area contributed by atoms with E-state index in [1.165, 1.54) is 5.55 Å². The van der Waals surface area contributed by atoms with Crippen LogP contribution in [0.15, 0.2) is 40.4 Å². The minimum absolute atomic E-state index is 0.724. The smallest absolute Gasteiger partial charge is 0.0992 e. The highest BCUT2D eigenvalue weighted by Gasteiger charge is 2.17. The van der Waals surface area contributed by atoms with Crippen LogP contribution in [0, 0.1) is 0 Å². The zero-order valence-corrected chi connectivity index (χ0v) is 7.99. The van der Waals surface area contributed by atoms with E-state index < -0.39 is 10.8 Å².